The molecule has 2 rings (SSSR count). The van der Waals surface area contributed by atoms with Crippen molar-refractivity contribution in [3.05, 3.63) is 23.9 Å². The molecule has 0 aliphatic heterocycles. The summed E-state index contributed by atoms with van der Waals surface area (Å²) in [4.78, 5) is 4.33. The summed E-state index contributed by atoms with van der Waals surface area (Å²) in [5.41, 5.74) is 1.88. The van der Waals surface area contributed by atoms with E-state index in [-0.39, 0.29) is 6.10 Å². The first-order chi connectivity index (χ1) is 7.66. The van der Waals surface area contributed by atoms with Crippen LogP contribution in [0.4, 0.5) is 5.95 Å². The molecule has 0 aliphatic rings. The van der Waals surface area contributed by atoms with Crippen LogP contribution in [0.1, 0.15) is 19.0 Å². The first-order valence-electron chi connectivity index (χ1n) is 5.41. The van der Waals surface area contributed by atoms with Gasteiger partial charge in [-0.05, 0) is 32.4 Å². The quantitative estimate of drug-likeness (QED) is 0.813. The van der Waals surface area contributed by atoms with E-state index in [4.69, 9.17) is 5.11 Å². The average molecular weight is 220 g/mol. The predicted octanol–water partition coefficient (Wildman–Crippen LogP) is 1.22. The molecule has 2 N–H and O–H groups in total. The Morgan fingerprint density at radius 3 is 3.00 bits per heavy atom. The maximum Gasteiger partial charge on any atom is 0.243 e. The van der Waals surface area contributed by atoms with Gasteiger partial charge in [0.1, 0.15) is 0 Å². The van der Waals surface area contributed by atoms with Crippen molar-refractivity contribution in [2.24, 2.45) is 0 Å². The van der Waals surface area contributed by atoms with Gasteiger partial charge in [-0.15, -0.1) is 5.10 Å². The van der Waals surface area contributed by atoms with E-state index in [1.165, 1.54) is 0 Å². The van der Waals surface area contributed by atoms with Crippen molar-refractivity contribution in [1.82, 2.24) is 14.6 Å². The highest BCUT2D eigenvalue weighted by atomic mass is 16.3. The van der Waals surface area contributed by atoms with Gasteiger partial charge < -0.3 is 10.4 Å². The normalized spacial score (nSPS) is 12.9. The molecule has 0 aliphatic carbocycles. The van der Waals surface area contributed by atoms with Crippen LogP contribution in [0.3, 0.4) is 0 Å². The number of fused-ring (bicyclic) bond motifs is 1. The van der Waals surface area contributed by atoms with Crippen LogP contribution in [0.25, 0.3) is 5.65 Å². The summed E-state index contributed by atoms with van der Waals surface area (Å²) in [6.45, 7) is 4.43. The molecule has 5 nitrogen and oxygen atoms in total. The van der Waals surface area contributed by atoms with Crippen LogP contribution in [0.15, 0.2) is 18.2 Å². The largest absolute Gasteiger partial charge is 0.393 e. The fourth-order valence-electron chi connectivity index (χ4n) is 1.50. The minimum Gasteiger partial charge on any atom is -0.393 e. The topological polar surface area (TPSA) is 62.5 Å². The summed E-state index contributed by atoms with van der Waals surface area (Å²) in [5, 5.41) is 16.5. The van der Waals surface area contributed by atoms with Crippen LogP contribution >= 0.6 is 0 Å². The SMILES string of the molecule is Cc1cccc2nc(NCCC(C)O)nn12. The molecule has 0 fully saturated rings. The predicted molar refractivity (Wildman–Crippen MR) is 62.5 cm³/mol. The number of hydrogen-bond donors (Lipinski definition) is 2. The molecule has 86 valence electrons. The smallest absolute Gasteiger partial charge is 0.243 e. The molecule has 1 unspecified atom stereocenters. The Bertz CT molecular complexity index is 478. The number of nitrogens with zero attached hydrogens (tertiary/aromatic N) is 3. The van der Waals surface area contributed by atoms with Gasteiger partial charge in [0.05, 0.1) is 6.10 Å². The van der Waals surface area contributed by atoms with Crippen molar-refractivity contribution in [3.8, 4) is 0 Å². The van der Waals surface area contributed by atoms with Gasteiger partial charge >= 0.3 is 0 Å². The lowest BCUT2D eigenvalue weighted by atomic mass is 10.3. The molecule has 0 radical (unpaired) electrons. The van der Waals surface area contributed by atoms with E-state index in [0.717, 1.165) is 11.3 Å². The molecule has 2 aromatic heterocycles. The molecule has 1 atom stereocenters. The van der Waals surface area contributed by atoms with Crippen LogP contribution < -0.4 is 5.32 Å². The van der Waals surface area contributed by atoms with Crippen LogP contribution in [0, 0.1) is 6.92 Å². The number of hydrogen-bond acceptors (Lipinski definition) is 4. The minimum atomic E-state index is -0.300. The molecule has 0 amide bonds. The number of rotatable bonds is 4. The number of anilines is 1. The van der Waals surface area contributed by atoms with Gasteiger partial charge in [0, 0.05) is 12.2 Å². The van der Waals surface area contributed by atoms with Gasteiger partial charge in [0.15, 0.2) is 5.65 Å². The molecule has 5 heteroatoms. The van der Waals surface area contributed by atoms with Gasteiger partial charge in [0.2, 0.25) is 5.95 Å². The van der Waals surface area contributed by atoms with Crippen molar-refractivity contribution >= 4 is 11.6 Å². The Morgan fingerprint density at radius 1 is 1.50 bits per heavy atom. The molecule has 0 aromatic carbocycles. The summed E-state index contributed by atoms with van der Waals surface area (Å²) in [6.07, 6.45) is 0.389. The van der Waals surface area contributed by atoms with E-state index < -0.39 is 0 Å². The van der Waals surface area contributed by atoms with Gasteiger partial charge in [-0.3, -0.25) is 0 Å². The average Bonchev–Trinajstić information content (AvgIpc) is 2.61. The van der Waals surface area contributed by atoms with Crippen LogP contribution in [-0.2, 0) is 0 Å². The molecule has 0 saturated carbocycles. The van der Waals surface area contributed by atoms with E-state index in [9.17, 15) is 0 Å². The molecule has 2 aromatic rings. The Morgan fingerprint density at radius 2 is 2.31 bits per heavy atom. The molecule has 0 spiro atoms. The molecular weight excluding hydrogens is 204 g/mol. The molecule has 0 saturated heterocycles. The molecule has 0 bridgehead atoms. The van der Waals surface area contributed by atoms with Gasteiger partial charge in [-0.1, -0.05) is 6.07 Å². The van der Waals surface area contributed by atoms with E-state index in [2.05, 4.69) is 15.4 Å². The van der Waals surface area contributed by atoms with Crippen molar-refractivity contribution in [2.75, 3.05) is 11.9 Å². The van der Waals surface area contributed by atoms with Crippen molar-refractivity contribution in [1.29, 1.82) is 0 Å². The minimum absolute atomic E-state index is 0.300. The zero-order valence-electron chi connectivity index (χ0n) is 9.51. The maximum absolute atomic E-state index is 9.13. The summed E-state index contributed by atoms with van der Waals surface area (Å²) in [6, 6.07) is 5.86. The maximum atomic E-state index is 9.13. The van der Waals surface area contributed by atoms with Crippen LogP contribution in [-0.4, -0.2) is 32.4 Å². The fraction of sp³-hybridized carbons (Fsp3) is 0.455. The van der Waals surface area contributed by atoms with Gasteiger partial charge in [-0.25, -0.2) is 4.52 Å². The lowest BCUT2D eigenvalue weighted by Gasteiger charge is -2.03. The Balaban J connectivity index is 2.11. The summed E-state index contributed by atoms with van der Waals surface area (Å²) in [5.74, 6) is 0.606. The third kappa shape index (κ3) is 2.30. The summed E-state index contributed by atoms with van der Waals surface area (Å²) < 4.78 is 1.80. The van der Waals surface area contributed by atoms with Crippen molar-refractivity contribution in [3.63, 3.8) is 0 Å². The third-order valence-electron chi connectivity index (χ3n) is 2.39. The second-order valence-corrected chi connectivity index (χ2v) is 3.94. The van der Waals surface area contributed by atoms with Crippen LogP contribution in [0.5, 0.6) is 0 Å². The third-order valence-corrected chi connectivity index (χ3v) is 2.39. The summed E-state index contributed by atoms with van der Waals surface area (Å²) in [7, 11) is 0. The lowest BCUT2D eigenvalue weighted by Crippen LogP contribution is -2.10. The zero-order chi connectivity index (χ0) is 11.5. The lowest BCUT2D eigenvalue weighted by molar-refractivity contribution is 0.188. The highest BCUT2D eigenvalue weighted by Gasteiger charge is 2.04. The van der Waals surface area contributed by atoms with E-state index in [0.29, 0.717) is 18.9 Å². The Hall–Kier alpha value is -1.62. The standard InChI is InChI=1S/C11H16N4O/c1-8-4-3-5-10-13-11(14-15(8)10)12-7-6-9(2)16/h3-5,9,16H,6-7H2,1-2H3,(H,12,14). The van der Waals surface area contributed by atoms with Gasteiger partial charge in [0.25, 0.3) is 0 Å². The van der Waals surface area contributed by atoms with E-state index >= 15 is 0 Å². The van der Waals surface area contributed by atoms with E-state index in [1.807, 2.05) is 25.1 Å². The Kier molecular flexibility index (Phi) is 3.05. The number of aliphatic hydroxyl groups excluding tert-OH is 1. The highest BCUT2D eigenvalue weighted by Crippen LogP contribution is 2.07. The van der Waals surface area contributed by atoms with Crippen molar-refractivity contribution < 1.29 is 5.11 Å². The van der Waals surface area contributed by atoms with Gasteiger partial charge in [-0.2, -0.15) is 4.98 Å². The highest BCUT2D eigenvalue weighted by molar-refractivity contribution is 5.44. The number of aliphatic hydroxyl groups is 1. The Labute approximate surface area is 94.1 Å². The van der Waals surface area contributed by atoms with Crippen molar-refractivity contribution in [2.45, 2.75) is 26.4 Å². The molecular formula is C11H16N4O. The fourth-order valence-corrected chi connectivity index (χ4v) is 1.50. The first-order valence-corrected chi connectivity index (χ1v) is 5.41. The number of aryl methyl sites for hydroxylation is 1. The molecule has 2 heterocycles. The first kappa shape index (κ1) is 10.9. The summed E-state index contributed by atoms with van der Waals surface area (Å²) >= 11 is 0. The van der Waals surface area contributed by atoms with E-state index in [1.54, 1.807) is 11.4 Å². The second kappa shape index (κ2) is 4.49. The van der Waals surface area contributed by atoms with Crippen LogP contribution in [0.2, 0.25) is 0 Å². The number of aromatic nitrogens is 3. The monoisotopic (exact) mass is 220 g/mol. The zero-order valence-corrected chi connectivity index (χ0v) is 9.51. The second-order valence-electron chi connectivity index (χ2n) is 3.94. The number of pyridine rings is 1. The molecule has 16 heavy (non-hydrogen) atoms. The number of nitrogens with one attached hydrogen (secondary N) is 1.